The predicted molar refractivity (Wildman–Crippen MR) is 81.5 cm³/mol. The molecule has 0 radical (unpaired) electrons. The summed E-state index contributed by atoms with van der Waals surface area (Å²) in [5.74, 6) is -0.610. The number of hydrogen-bond acceptors (Lipinski definition) is 3. The third kappa shape index (κ3) is 3.45. The Balaban J connectivity index is 2.33. The van der Waals surface area contributed by atoms with Gasteiger partial charge >= 0.3 is 0 Å². The van der Waals surface area contributed by atoms with Gasteiger partial charge in [0.25, 0.3) is 5.91 Å². The highest BCUT2D eigenvalue weighted by Gasteiger charge is 2.19. The number of nitrogens with one attached hydrogen (secondary N) is 1. The summed E-state index contributed by atoms with van der Waals surface area (Å²) in [7, 11) is 0. The van der Waals surface area contributed by atoms with E-state index in [2.05, 4.69) is 15.3 Å². The fourth-order valence-electron chi connectivity index (χ4n) is 1.35. The highest BCUT2D eigenvalue weighted by atomic mass is 35.5. The van der Waals surface area contributed by atoms with E-state index in [1.54, 1.807) is 12.1 Å². The number of benzene rings is 1. The van der Waals surface area contributed by atoms with Gasteiger partial charge in [0, 0.05) is 5.02 Å². The fourth-order valence-corrected chi connectivity index (χ4v) is 2.62. The van der Waals surface area contributed by atoms with Gasteiger partial charge in [0.05, 0.1) is 10.7 Å². The lowest BCUT2D eigenvalue weighted by atomic mass is 10.2. The van der Waals surface area contributed by atoms with Gasteiger partial charge in [-0.3, -0.25) is 4.79 Å². The number of nitrogens with zero attached hydrogens (tertiary/aromatic N) is 2. The van der Waals surface area contributed by atoms with Crippen LogP contribution in [0.2, 0.25) is 25.6 Å². The summed E-state index contributed by atoms with van der Waals surface area (Å²) in [6.45, 7) is 0. The molecule has 1 heterocycles. The highest BCUT2D eigenvalue weighted by molar-refractivity contribution is 6.41. The summed E-state index contributed by atoms with van der Waals surface area (Å²) in [4.78, 5) is 19.4. The number of aromatic nitrogens is 2. The van der Waals surface area contributed by atoms with Crippen LogP contribution in [0.3, 0.4) is 0 Å². The van der Waals surface area contributed by atoms with Gasteiger partial charge in [0.1, 0.15) is 15.9 Å². The number of rotatable bonds is 2. The molecular weight excluding hydrogens is 367 g/mol. The Morgan fingerprint density at radius 2 is 1.60 bits per heavy atom. The van der Waals surface area contributed by atoms with Gasteiger partial charge in [-0.1, -0.05) is 46.4 Å². The van der Waals surface area contributed by atoms with E-state index in [0.717, 1.165) is 0 Å². The number of carbonyl (C=O) groups is 1. The lowest BCUT2D eigenvalue weighted by Gasteiger charge is -2.09. The van der Waals surface area contributed by atoms with Crippen LogP contribution in [-0.2, 0) is 0 Å². The Bertz CT molecular complexity index is 669. The van der Waals surface area contributed by atoms with Crippen LogP contribution in [0, 0.1) is 0 Å². The Morgan fingerprint density at radius 3 is 2.15 bits per heavy atom. The minimum atomic E-state index is -0.610. The SMILES string of the molecule is O=C(Nc1ccc(Cl)cc1Cl)c1c(Cl)nc(Cl)nc1Cl. The zero-order chi connectivity index (χ0) is 14.9. The van der Waals surface area contributed by atoms with Gasteiger partial charge in [0.15, 0.2) is 0 Å². The van der Waals surface area contributed by atoms with Crippen molar-refractivity contribution >= 4 is 69.6 Å². The molecule has 20 heavy (non-hydrogen) atoms. The van der Waals surface area contributed by atoms with Crippen molar-refractivity contribution in [3.05, 3.63) is 49.4 Å². The van der Waals surface area contributed by atoms with E-state index >= 15 is 0 Å². The molecule has 1 aromatic carbocycles. The van der Waals surface area contributed by atoms with Crippen LogP contribution in [0.4, 0.5) is 5.69 Å². The summed E-state index contributed by atoms with van der Waals surface area (Å²) in [6.07, 6.45) is 0. The third-order valence-electron chi connectivity index (χ3n) is 2.20. The van der Waals surface area contributed by atoms with Crippen molar-refractivity contribution < 1.29 is 4.79 Å². The largest absolute Gasteiger partial charge is 0.320 e. The predicted octanol–water partition coefficient (Wildman–Crippen LogP) is 5.00. The lowest BCUT2D eigenvalue weighted by Crippen LogP contribution is -2.15. The Hall–Kier alpha value is -0.780. The van der Waals surface area contributed by atoms with Crippen LogP contribution < -0.4 is 5.32 Å². The van der Waals surface area contributed by atoms with E-state index in [9.17, 15) is 4.79 Å². The number of hydrogen-bond donors (Lipinski definition) is 1. The molecule has 1 amide bonds. The summed E-state index contributed by atoms with van der Waals surface area (Å²) < 4.78 is 0. The molecule has 1 aromatic heterocycles. The molecule has 0 saturated heterocycles. The topological polar surface area (TPSA) is 54.9 Å². The molecule has 2 rings (SSSR count). The molecule has 0 unspecified atom stereocenters. The van der Waals surface area contributed by atoms with Crippen molar-refractivity contribution in [3.8, 4) is 0 Å². The Morgan fingerprint density at radius 1 is 1.00 bits per heavy atom. The Labute approximate surface area is 139 Å². The van der Waals surface area contributed by atoms with Gasteiger partial charge in [-0.2, -0.15) is 0 Å². The third-order valence-corrected chi connectivity index (χ3v) is 3.46. The van der Waals surface area contributed by atoms with Gasteiger partial charge in [-0.05, 0) is 29.8 Å². The molecule has 0 saturated carbocycles. The first-order valence-corrected chi connectivity index (χ1v) is 6.92. The summed E-state index contributed by atoms with van der Waals surface area (Å²) in [6, 6.07) is 4.60. The molecule has 0 bridgehead atoms. The average Bonchev–Trinajstić information content (AvgIpc) is 2.31. The summed E-state index contributed by atoms with van der Waals surface area (Å²) in [5.41, 5.74) is 0.256. The van der Waals surface area contributed by atoms with Crippen LogP contribution >= 0.6 is 58.0 Å². The second kappa shape index (κ2) is 6.33. The summed E-state index contributed by atoms with van der Waals surface area (Å²) in [5, 5.41) is 2.79. The van der Waals surface area contributed by atoms with Crippen LogP contribution in [0.25, 0.3) is 0 Å². The number of amides is 1. The molecule has 104 valence electrons. The van der Waals surface area contributed by atoms with Crippen molar-refractivity contribution in [1.29, 1.82) is 0 Å². The van der Waals surface area contributed by atoms with E-state index in [4.69, 9.17) is 58.0 Å². The fraction of sp³-hybridized carbons (Fsp3) is 0. The van der Waals surface area contributed by atoms with Crippen LogP contribution in [0.15, 0.2) is 18.2 Å². The molecule has 0 atom stereocenters. The van der Waals surface area contributed by atoms with Crippen molar-refractivity contribution in [2.45, 2.75) is 0 Å². The van der Waals surface area contributed by atoms with Gasteiger partial charge in [0.2, 0.25) is 5.28 Å². The molecule has 4 nitrogen and oxygen atoms in total. The molecular formula is C11H4Cl5N3O. The second-order valence-corrected chi connectivity index (χ2v) is 5.43. The van der Waals surface area contributed by atoms with E-state index in [0.29, 0.717) is 10.7 Å². The van der Waals surface area contributed by atoms with Gasteiger partial charge in [-0.25, -0.2) is 9.97 Å². The smallest absolute Gasteiger partial charge is 0.261 e. The standard InChI is InChI=1S/C11H4Cl5N3O/c12-4-1-2-6(5(13)3-4)17-10(20)7-8(14)18-11(16)19-9(7)15/h1-3H,(H,17,20). The molecule has 0 aliphatic heterocycles. The molecule has 1 N–H and O–H groups in total. The first-order valence-electron chi connectivity index (χ1n) is 5.03. The van der Waals surface area contributed by atoms with E-state index in [1.807, 2.05) is 0 Å². The molecule has 2 aromatic rings. The van der Waals surface area contributed by atoms with Gasteiger partial charge in [-0.15, -0.1) is 0 Å². The maximum Gasteiger partial charge on any atom is 0.261 e. The van der Waals surface area contributed by atoms with E-state index < -0.39 is 5.91 Å². The minimum absolute atomic E-state index is 0.0937. The lowest BCUT2D eigenvalue weighted by molar-refractivity contribution is 0.102. The second-order valence-electron chi connectivity index (χ2n) is 3.53. The van der Waals surface area contributed by atoms with E-state index in [-0.39, 0.29) is 26.2 Å². The molecule has 0 aliphatic rings. The van der Waals surface area contributed by atoms with Crippen LogP contribution in [0.5, 0.6) is 0 Å². The first kappa shape index (κ1) is 15.6. The Kier molecular flexibility index (Phi) is 4.94. The highest BCUT2D eigenvalue weighted by Crippen LogP contribution is 2.28. The molecule has 0 fully saturated rings. The first-order chi connectivity index (χ1) is 9.38. The van der Waals surface area contributed by atoms with Crippen molar-refractivity contribution in [2.75, 3.05) is 5.32 Å². The monoisotopic (exact) mass is 369 g/mol. The zero-order valence-electron chi connectivity index (χ0n) is 9.42. The van der Waals surface area contributed by atoms with E-state index in [1.165, 1.54) is 6.07 Å². The molecule has 0 aliphatic carbocycles. The zero-order valence-corrected chi connectivity index (χ0v) is 13.2. The quantitative estimate of drug-likeness (QED) is 0.597. The maximum atomic E-state index is 12.1. The molecule has 0 spiro atoms. The maximum absolute atomic E-state index is 12.1. The van der Waals surface area contributed by atoms with Gasteiger partial charge < -0.3 is 5.32 Å². The minimum Gasteiger partial charge on any atom is -0.320 e. The number of anilines is 1. The van der Waals surface area contributed by atoms with Crippen molar-refractivity contribution in [3.63, 3.8) is 0 Å². The van der Waals surface area contributed by atoms with Crippen LogP contribution in [-0.4, -0.2) is 15.9 Å². The van der Waals surface area contributed by atoms with Crippen LogP contribution in [0.1, 0.15) is 10.4 Å². The number of halogens is 5. The molecule has 9 heteroatoms. The van der Waals surface area contributed by atoms with Crippen molar-refractivity contribution in [2.24, 2.45) is 0 Å². The number of carbonyl (C=O) groups excluding carboxylic acids is 1. The normalized spacial score (nSPS) is 10.4. The van der Waals surface area contributed by atoms with Crippen molar-refractivity contribution in [1.82, 2.24) is 9.97 Å². The average molecular weight is 371 g/mol. The summed E-state index contributed by atoms with van der Waals surface area (Å²) >= 11 is 28.9.